The van der Waals surface area contributed by atoms with Gasteiger partial charge in [-0.2, -0.15) is 11.8 Å². The third kappa shape index (κ3) is 5.40. The van der Waals surface area contributed by atoms with Gasteiger partial charge in [0.05, 0.1) is 11.3 Å². The van der Waals surface area contributed by atoms with E-state index in [9.17, 15) is 13.2 Å². The molecular formula is C20H20N2O4S2. The van der Waals surface area contributed by atoms with E-state index >= 15 is 0 Å². The predicted molar refractivity (Wildman–Crippen MR) is 113 cm³/mol. The van der Waals surface area contributed by atoms with Crippen LogP contribution in [-0.4, -0.2) is 37.5 Å². The first-order chi connectivity index (χ1) is 13.4. The van der Waals surface area contributed by atoms with Crippen LogP contribution in [0.25, 0.3) is 10.9 Å². The lowest BCUT2D eigenvalue weighted by molar-refractivity contribution is -0.106. The molecule has 6 nitrogen and oxygen atoms in total. The summed E-state index contributed by atoms with van der Waals surface area (Å²) in [7, 11) is -3.78. The van der Waals surface area contributed by atoms with Crippen LogP contribution in [0.3, 0.4) is 0 Å². The molecule has 0 spiro atoms. The Balaban J connectivity index is 0.000000878. The summed E-state index contributed by atoms with van der Waals surface area (Å²) in [6.45, 7) is 1.44. The minimum Gasteiger partial charge on any atom is -0.304 e. The summed E-state index contributed by atoms with van der Waals surface area (Å²) < 4.78 is 28.0. The summed E-state index contributed by atoms with van der Waals surface area (Å²) in [4.78, 5) is 24.9. The van der Waals surface area contributed by atoms with Gasteiger partial charge in [-0.3, -0.25) is 14.5 Å². The summed E-state index contributed by atoms with van der Waals surface area (Å²) in [5, 5.41) is 0.753. The van der Waals surface area contributed by atoms with E-state index in [0.717, 1.165) is 11.7 Å². The maximum Gasteiger partial charge on any atom is 0.264 e. The molecule has 28 heavy (non-hydrogen) atoms. The maximum atomic E-state index is 12.7. The molecule has 0 bridgehead atoms. The van der Waals surface area contributed by atoms with Gasteiger partial charge in [0.15, 0.2) is 5.78 Å². The summed E-state index contributed by atoms with van der Waals surface area (Å²) >= 11 is 1.45. The molecule has 0 radical (unpaired) electrons. The van der Waals surface area contributed by atoms with Crippen molar-refractivity contribution in [2.24, 2.45) is 0 Å². The molecule has 0 aliphatic rings. The Bertz CT molecular complexity index is 1060. The zero-order chi connectivity index (χ0) is 20.6. The van der Waals surface area contributed by atoms with Crippen molar-refractivity contribution in [3.63, 3.8) is 0 Å². The Morgan fingerprint density at radius 3 is 2.39 bits per heavy atom. The van der Waals surface area contributed by atoms with Gasteiger partial charge in [-0.15, -0.1) is 0 Å². The zero-order valence-corrected chi connectivity index (χ0v) is 17.1. The quantitative estimate of drug-likeness (QED) is 0.485. The molecule has 0 unspecified atom stereocenters. The Kier molecular flexibility index (Phi) is 7.71. The van der Waals surface area contributed by atoms with Gasteiger partial charge in [0.25, 0.3) is 10.0 Å². The number of aldehydes is 1. The van der Waals surface area contributed by atoms with Crippen LogP contribution >= 0.6 is 11.8 Å². The highest BCUT2D eigenvalue weighted by molar-refractivity contribution is 7.99. The Morgan fingerprint density at radius 2 is 1.75 bits per heavy atom. The minimum absolute atomic E-state index is 0.0140. The van der Waals surface area contributed by atoms with Crippen LogP contribution in [-0.2, 0) is 14.8 Å². The Hall–Kier alpha value is -2.71. The van der Waals surface area contributed by atoms with E-state index in [1.54, 1.807) is 42.6 Å². The number of nitrogens with zero attached hydrogens (tertiary/aromatic N) is 1. The second-order valence-electron chi connectivity index (χ2n) is 5.61. The number of carbonyl (C=O) groups is 2. The number of benzene rings is 2. The number of rotatable bonds is 6. The lowest BCUT2D eigenvalue weighted by atomic mass is 10.1. The fourth-order valence-electron chi connectivity index (χ4n) is 2.44. The molecule has 1 heterocycles. The molecule has 0 aliphatic heterocycles. The topological polar surface area (TPSA) is 93.2 Å². The molecular weight excluding hydrogens is 396 g/mol. The van der Waals surface area contributed by atoms with Crippen LogP contribution < -0.4 is 4.72 Å². The Morgan fingerprint density at radius 1 is 1.11 bits per heavy atom. The van der Waals surface area contributed by atoms with Crippen LogP contribution in [0.15, 0.2) is 65.7 Å². The Labute approximate surface area is 168 Å². The maximum absolute atomic E-state index is 12.7. The monoisotopic (exact) mass is 416 g/mol. The SMILES string of the molecule is CC=O.CSCC(=O)c1ccc(NS(=O)(=O)c2cccc3cccnc23)cc1. The number of pyridine rings is 1. The van der Waals surface area contributed by atoms with Crippen LogP contribution in [0, 0.1) is 0 Å². The summed E-state index contributed by atoms with van der Waals surface area (Å²) in [5.74, 6) is 0.410. The predicted octanol–water partition coefficient (Wildman–Crippen LogP) is 3.79. The minimum atomic E-state index is -3.78. The lowest BCUT2D eigenvalue weighted by Crippen LogP contribution is -2.14. The molecule has 0 fully saturated rings. The first-order valence-electron chi connectivity index (χ1n) is 8.31. The smallest absolute Gasteiger partial charge is 0.264 e. The van der Waals surface area contributed by atoms with E-state index in [1.165, 1.54) is 24.8 Å². The molecule has 1 N–H and O–H groups in total. The standard InChI is InChI=1S/C18H16N2O3S2.C2H4O/c1-24-12-16(21)13-7-9-15(10-8-13)20-25(22,23)17-6-2-4-14-5-3-11-19-18(14)17;1-2-3/h2-11,20H,12H2,1H3;2H,1H3. The average Bonchev–Trinajstić information content (AvgIpc) is 2.68. The van der Waals surface area contributed by atoms with E-state index in [-0.39, 0.29) is 10.7 Å². The van der Waals surface area contributed by atoms with Gasteiger partial charge in [0.2, 0.25) is 0 Å². The highest BCUT2D eigenvalue weighted by Gasteiger charge is 2.18. The molecule has 0 aliphatic carbocycles. The van der Waals surface area contributed by atoms with Gasteiger partial charge in [0, 0.05) is 22.8 Å². The summed E-state index contributed by atoms with van der Waals surface area (Å²) in [6.07, 6.45) is 4.17. The van der Waals surface area contributed by atoms with Crippen molar-refractivity contribution in [2.75, 3.05) is 16.7 Å². The molecule has 3 aromatic rings. The van der Waals surface area contributed by atoms with Crippen molar-refractivity contribution in [1.29, 1.82) is 0 Å². The molecule has 3 rings (SSSR count). The number of fused-ring (bicyclic) bond motifs is 1. The fourth-order valence-corrected chi connectivity index (χ4v) is 4.11. The van der Waals surface area contributed by atoms with Crippen LogP contribution in [0.1, 0.15) is 17.3 Å². The molecule has 8 heteroatoms. The fraction of sp³-hybridized carbons (Fsp3) is 0.150. The van der Waals surface area contributed by atoms with Crippen molar-refractivity contribution in [3.05, 3.63) is 66.4 Å². The van der Waals surface area contributed by atoms with Crippen molar-refractivity contribution < 1.29 is 18.0 Å². The van der Waals surface area contributed by atoms with E-state index < -0.39 is 10.0 Å². The van der Waals surface area contributed by atoms with Gasteiger partial charge >= 0.3 is 0 Å². The number of Topliss-reactive ketones (excluding diaryl/α,β-unsaturated/α-hetero) is 1. The number of aromatic nitrogens is 1. The number of hydrogen-bond acceptors (Lipinski definition) is 6. The number of thioether (sulfide) groups is 1. The number of nitrogens with one attached hydrogen (secondary N) is 1. The highest BCUT2D eigenvalue weighted by atomic mass is 32.2. The number of hydrogen-bond donors (Lipinski definition) is 1. The third-order valence-corrected chi connectivity index (χ3v) is 5.58. The normalized spacial score (nSPS) is 10.6. The molecule has 146 valence electrons. The second-order valence-corrected chi connectivity index (χ2v) is 8.12. The van der Waals surface area contributed by atoms with E-state index in [0.29, 0.717) is 22.5 Å². The van der Waals surface area contributed by atoms with E-state index in [4.69, 9.17) is 4.79 Å². The second kappa shape index (κ2) is 10.0. The molecule has 2 aromatic carbocycles. The number of anilines is 1. The van der Waals surface area contributed by atoms with Gasteiger partial charge in [0.1, 0.15) is 11.2 Å². The molecule has 0 saturated heterocycles. The highest BCUT2D eigenvalue weighted by Crippen LogP contribution is 2.23. The lowest BCUT2D eigenvalue weighted by Gasteiger charge is -2.10. The van der Waals surface area contributed by atoms with Gasteiger partial charge in [-0.25, -0.2) is 8.42 Å². The van der Waals surface area contributed by atoms with Crippen molar-refractivity contribution in [2.45, 2.75) is 11.8 Å². The van der Waals surface area contributed by atoms with Crippen molar-refractivity contribution >= 4 is 50.4 Å². The van der Waals surface area contributed by atoms with Crippen LogP contribution in [0.5, 0.6) is 0 Å². The number of sulfonamides is 1. The zero-order valence-electron chi connectivity index (χ0n) is 15.5. The van der Waals surface area contributed by atoms with E-state index in [1.807, 2.05) is 18.4 Å². The van der Waals surface area contributed by atoms with Crippen LogP contribution in [0.2, 0.25) is 0 Å². The average molecular weight is 417 g/mol. The largest absolute Gasteiger partial charge is 0.304 e. The first-order valence-corrected chi connectivity index (χ1v) is 11.2. The van der Waals surface area contributed by atoms with E-state index in [2.05, 4.69) is 9.71 Å². The number of para-hydroxylation sites is 1. The molecule has 1 aromatic heterocycles. The summed E-state index contributed by atoms with van der Waals surface area (Å²) in [5.41, 5.74) is 1.38. The van der Waals surface area contributed by atoms with Gasteiger partial charge in [-0.05, 0) is 49.6 Å². The molecule has 0 saturated carbocycles. The molecule has 0 amide bonds. The first kappa shape index (κ1) is 21.6. The van der Waals surface area contributed by atoms with Crippen LogP contribution in [0.4, 0.5) is 5.69 Å². The van der Waals surface area contributed by atoms with Gasteiger partial charge in [-0.1, -0.05) is 18.2 Å². The number of carbonyl (C=O) groups excluding carboxylic acids is 2. The summed E-state index contributed by atoms with van der Waals surface area (Å²) in [6, 6.07) is 15.0. The van der Waals surface area contributed by atoms with Crippen molar-refractivity contribution in [1.82, 2.24) is 4.98 Å². The van der Waals surface area contributed by atoms with Crippen molar-refractivity contribution in [3.8, 4) is 0 Å². The molecule has 0 atom stereocenters. The number of ketones is 1. The third-order valence-electron chi connectivity index (χ3n) is 3.62. The van der Waals surface area contributed by atoms with Gasteiger partial charge < -0.3 is 4.79 Å².